The Kier molecular flexibility index (Phi) is 5.50. The molecule has 1 fully saturated rings. The van der Waals surface area contributed by atoms with Crippen molar-refractivity contribution in [2.75, 3.05) is 20.3 Å². The molecule has 1 unspecified atom stereocenters. The summed E-state index contributed by atoms with van der Waals surface area (Å²) >= 11 is 0. The van der Waals surface area contributed by atoms with E-state index >= 15 is 0 Å². The highest BCUT2D eigenvalue weighted by molar-refractivity contribution is 5.93. The van der Waals surface area contributed by atoms with Gasteiger partial charge in [0.1, 0.15) is 6.10 Å². The van der Waals surface area contributed by atoms with Gasteiger partial charge in [0.15, 0.2) is 17.8 Å². The third-order valence-corrected chi connectivity index (χ3v) is 4.50. The maximum atomic E-state index is 12.5. The topological polar surface area (TPSA) is 91.4 Å². The molecule has 1 aliphatic heterocycles. The summed E-state index contributed by atoms with van der Waals surface area (Å²) < 4.78 is 18.0. The van der Waals surface area contributed by atoms with E-state index in [-0.39, 0.29) is 12.0 Å². The van der Waals surface area contributed by atoms with E-state index in [0.29, 0.717) is 37.8 Å². The number of nitrogens with one attached hydrogen (secondary N) is 1. The second-order valence-electron chi connectivity index (χ2n) is 6.11. The molecule has 1 aliphatic rings. The number of hydrogen-bond acceptors (Lipinski definition) is 6. The lowest BCUT2D eigenvalue weighted by Crippen LogP contribution is -2.25. The Morgan fingerprint density at radius 2 is 2.32 bits per heavy atom. The molecule has 0 aromatic carbocycles. The van der Waals surface area contributed by atoms with Crippen LogP contribution in [0.3, 0.4) is 0 Å². The van der Waals surface area contributed by atoms with Crippen LogP contribution < -0.4 is 5.32 Å². The van der Waals surface area contributed by atoms with Crippen molar-refractivity contribution >= 4 is 5.91 Å². The van der Waals surface area contributed by atoms with Crippen molar-refractivity contribution in [3.8, 4) is 0 Å². The van der Waals surface area contributed by atoms with Crippen molar-refractivity contribution in [3.63, 3.8) is 0 Å². The third kappa shape index (κ3) is 3.74. The normalized spacial score (nSPS) is 17.2. The molecular formula is C17H24N4O4. The van der Waals surface area contributed by atoms with Gasteiger partial charge in [-0.3, -0.25) is 9.48 Å². The van der Waals surface area contributed by atoms with Gasteiger partial charge in [-0.25, -0.2) is 4.98 Å². The van der Waals surface area contributed by atoms with Crippen LogP contribution in [-0.4, -0.2) is 41.0 Å². The van der Waals surface area contributed by atoms with Crippen LogP contribution in [0.5, 0.6) is 0 Å². The zero-order valence-electron chi connectivity index (χ0n) is 14.9. The molecule has 136 valence electrons. The number of oxazole rings is 1. The van der Waals surface area contributed by atoms with Crippen LogP contribution in [-0.2, 0) is 22.6 Å². The number of rotatable bonds is 7. The molecule has 3 rings (SSSR count). The molecule has 0 radical (unpaired) electrons. The zero-order chi connectivity index (χ0) is 17.8. The molecule has 8 nitrogen and oxygen atoms in total. The first-order valence-electron chi connectivity index (χ1n) is 8.46. The molecule has 1 atom stereocenters. The van der Waals surface area contributed by atoms with Gasteiger partial charge in [-0.2, -0.15) is 5.10 Å². The van der Waals surface area contributed by atoms with E-state index in [0.717, 1.165) is 29.8 Å². The lowest BCUT2D eigenvalue weighted by molar-refractivity contribution is 0.0860. The highest BCUT2D eigenvalue weighted by atomic mass is 16.5. The number of aromatic nitrogens is 3. The smallest absolute Gasteiger partial charge is 0.273 e. The highest BCUT2D eigenvalue weighted by Gasteiger charge is 2.28. The summed E-state index contributed by atoms with van der Waals surface area (Å²) in [6.07, 6.45) is 2.93. The van der Waals surface area contributed by atoms with E-state index in [1.807, 2.05) is 18.5 Å². The Bertz CT molecular complexity index is 731. The summed E-state index contributed by atoms with van der Waals surface area (Å²) in [6.45, 7) is 6.28. The van der Waals surface area contributed by atoms with E-state index < -0.39 is 0 Å². The monoisotopic (exact) mass is 348 g/mol. The fourth-order valence-corrected chi connectivity index (χ4v) is 3.08. The molecule has 0 saturated carbocycles. The number of hydrogen-bond donors (Lipinski definition) is 1. The molecule has 0 aliphatic carbocycles. The van der Waals surface area contributed by atoms with Crippen molar-refractivity contribution in [1.29, 1.82) is 0 Å². The SMILES string of the molecule is COCCn1nc(C)c(CNC(=O)c2ncoc2C2CCCO2)c1C. The van der Waals surface area contributed by atoms with Gasteiger partial charge in [-0.15, -0.1) is 0 Å². The molecule has 8 heteroatoms. The summed E-state index contributed by atoms with van der Waals surface area (Å²) in [7, 11) is 1.66. The standard InChI is InChI=1S/C17H24N4O4/c1-11-13(12(2)21(20-11)6-8-23-3)9-18-17(22)15-16(25-10-19-15)14-5-4-7-24-14/h10,14H,4-9H2,1-3H3,(H,18,22). The molecule has 25 heavy (non-hydrogen) atoms. The molecule has 1 amide bonds. The fraction of sp³-hybridized carbons (Fsp3) is 0.588. The fourth-order valence-electron chi connectivity index (χ4n) is 3.08. The van der Waals surface area contributed by atoms with Crippen molar-refractivity contribution in [2.24, 2.45) is 0 Å². The molecule has 2 aromatic rings. The zero-order valence-corrected chi connectivity index (χ0v) is 14.9. The van der Waals surface area contributed by atoms with Gasteiger partial charge >= 0.3 is 0 Å². The summed E-state index contributed by atoms with van der Waals surface area (Å²) in [5.41, 5.74) is 3.23. The Labute approximate surface area is 146 Å². The molecule has 1 N–H and O–H groups in total. The second-order valence-corrected chi connectivity index (χ2v) is 6.11. The van der Waals surface area contributed by atoms with Crippen LogP contribution >= 0.6 is 0 Å². The first-order valence-corrected chi connectivity index (χ1v) is 8.46. The van der Waals surface area contributed by atoms with Gasteiger partial charge in [0.2, 0.25) is 0 Å². The lowest BCUT2D eigenvalue weighted by Gasteiger charge is -2.09. The van der Waals surface area contributed by atoms with Crippen molar-refractivity contribution < 1.29 is 18.7 Å². The van der Waals surface area contributed by atoms with Crippen LogP contribution in [0.25, 0.3) is 0 Å². The Hall–Kier alpha value is -2.19. The molecular weight excluding hydrogens is 324 g/mol. The molecule has 1 saturated heterocycles. The maximum absolute atomic E-state index is 12.5. The van der Waals surface area contributed by atoms with Crippen LogP contribution in [0, 0.1) is 13.8 Å². The van der Waals surface area contributed by atoms with E-state index in [9.17, 15) is 4.79 Å². The Morgan fingerprint density at radius 1 is 1.48 bits per heavy atom. The van der Waals surface area contributed by atoms with Crippen LogP contribution in [0.4, 0.5) is 0 Å². The van der Waals surface area contributed by atoms with Gasteiger partial charge < -0.3 is 19.2 Å². The second kappa shape index (κ2) is 7.79. The van der Waals surface area contributed by atoms with Gasteiger partial charge in [-0.05, 0) is 26.7 Å². The lowest BCUT2D eigenvalue weighted by atomic mass is 10.1. The third-order valence-electron chi connectivity index (χ3n) is 4.50. The molecule has 3 heterocycles. The van der Waals surface area contributed by atoms with Gasteiger partial charge in [0.05, 0.1) is 18.8 Å². The highest BCUT2D eigenvalue weighted by Crippen LogP contribution is 2.30. The summed E-state index contributed by atoms with van der Waals surface area (Å²) in [5.74, 6) is 0.252. The minimum Gasteiger partial charge on any atom is -0.445 e. The number of ether oxygens (including phenoxy) is 2. The molecule has 0 bridgehead atoms. The van der Waals surface area contributed by atoms with E-state index in [1.54, 1.807) is 7.11 Å². The van der Waals surface area contributed by atoms with E-state index in [1.165, 1.54) is 6.39 Å². The van der Waals surface area contributed by atoms with Gasteiger partial charge in [-0.1, -0.05) is 0 Å². The predicted octanol–water partition coefficient (Wildman–Crippen LogP) is 1.92. The first kappa shape index (κ1) is 17.6. The quantitative estimate of drug-likeness (QED) is 0.822. The molecule has 0 spiro atoms. The summed E-state index contributed by atoms with van der Waals surface area (Å²) in [5, 5.41) is 7.41. The largest absolute Gasteiger partial charge is 0.445 e. The number of nitrogens with zero attached hydrogens (tertiary/aromatic N) is 3. The Balaban J connectivity index is 1.67. The van der Waals surface area contributed by atoms with Gasteiger partial charge in [0, 0.05) is 31.5 Å². The van der Waals surface area contributed by atoms with E-state index in [4.69, 9.17) is 13.9 Å². The van der Waals surface area contributed by atoms with Crippen LogP contribution in [0.1, 0.15) is 52.1 Å². The van der Waals surface area contributed by atoms with Crippen LogP contribution in [0.2, 0.25) is 0 Å². The average Bonchev–Trinajstić information content (AvgIpc) is 3.32. The Morgan fingerprint density at radius 3 is 3.04 bits per heavy atom. The van der Waals surface area contributed by atoms with Gasteiger partial charge in [0.25, 0.3) is 5.91 Å². The number of amides is 1. The summed E-state index contributed by atoms with van der Waals surface area (Å²) in [6, 6.07) is 0. The number of aryl methyl sites for hydroxylation is 1. The number of methoxy groups -OCH3 is 1. The van der Waals surface area contributed by atoms with Crippen molar-refractivity contribution in [2.45, 2.75) is 45.9 Å². The maximum Gasteiger partial charge on any atom is 0.273 e. The van der Waals surface area contributed by atoms with Crippen LogP contribution in [0.15, 0.2) is 10.8 Å². The predicted molar refractivity (Wildman–Crippen MR) is 89.2 cm³/mol. The first-order chi connectivity index (χ1) is 12.1. The minimum absolute atomic E-state index is 0.177. The van der Waals surface area contributed by atoms with Crippen molar-refractivity contribution in [3.05, 3.63) is 34.8 Å². The molecule has 2 aromatic heterocycles. The average molecular weight is 348 g/mol. The summed E-state index contributed by atoms with van der Waals surface area (Å²) in [4.78, 5) is 16.6. The van der Waals surface area contributed by atoms with Crippen molar-refractivity contribution in [1.82, 2.24) is 20.1 Å². The minimum atomic E-state index is -0.261. The van der Waals surface area contributed by atoms with E-state index in [2.05, 4.69) is 15.4 Å². The number of carbonyl (C=O) groups excluding carboxylic acids is 1. The number of carbonyl (C=O) groups is 1.